The molecule has 0 rings (SSSR count). The first-order valence-corrected chi connectivity index (χ1v) is 4.18. The minimum Gasteiger partial charge on any atom is -0.400 e. The van der Waals surface area contributed by atoms with E-state index >= 15 is 0 Å². The topological polar surface area (TPSA) is 81.3 Å². The maximum Gasteiger partial charge on any atom is 0.0441 e. The summed E-state index contributed by atoms with van der Waals surface area (Å²) in [7, 11) is 0. The van der Waals surface area contributed by atoms with Crippen molar-refractivity contribution in [2.45, 2.75) is 26.8 Å². The summed E-state index contributed by atoms with van der Waals surface area (Å²) in [4.78, 5) is 0. The molecular weight excluding hydrogens is 152 g/mol. The first kappa shape index (κ1) is 11.3. The third kappa shape index (κ3) is 3.59. The fourth-order valence-corrected chi connectivity index (χ4v) is 0.706. The van der Waals surface area contributed by atoms with Crippen molar-refractivity contribution in [3.8, 4) is 0 Å². The number of rotatable bonds is 4. The largest absolute Gasteiger partial charge is 0.400 e. The first-order chi connectivity index (χ1) is 5.49. The van der Waals surface area contributed by atoms with E-state index in [-0.39, 0.29) is 6.04 Å². The maximum absolute atomic E-state index is 5.72. The lowest BCUT2D eigenvalue weighted by molar-refractivity contribution is 0.241. The van der Waals surface area contributed by atoms with Gasteiger partial charge in [-0.25, -0.2) is 5.84 Å². The first-order valence-electron chi connectivity index (χ1n) is 4.18. The van der Waals surface area contributed by atoms with E-state index in [1.807, 2.05) is 6.92 Å². The predicted octanol–water partition coefficient (Wildman–Crippen LogP) is -0.0346. The van der Waals surface area contributed by atoms with Crippen LogP contribution in [0, 0.1) is 5.92 Å². The van der Waals surface area contributed by atoms with E-state index in [4.69, 9.17) is 17.3 Å². The molecule has 0 aliphatic heterocycles. The molecule has 0 heterocycles. The van der Waals surface area contributed by atoms with Gasteiger partial charge in [-0.15, -0.1) is 0 Å². The van der Waals surface area contributed by atoms with Crippen LogP contribution >= 0.6 is 0 Å². The van der Waals surface area contributed by atoms with E-state index in [9.17, 15) is 0 Å². The Morgan fingerprint density at radius 2 is 1.92 bits per heavy atom. The Morgan fingerprint density at radius 3 is 2.25 bits per heavy atom. The molecule has 0 aromatic carbocycles. The van der Waals surface area contributed by atoms with Crippen LogP contribution in [0.4, 0.5) is 0 Å². The SMILES string of the molecule is CC(C)C(C)N(N)/C=C(\N)CN. The Morgan fingerprint density at radius 1 is 1.42 bits per heavy atom. The molecule has 12 heavy (non-hydrogen) atoms. The molecule has 0 saturated heterocycles. The zero-order chi connectivity index (χ0) is 9.72. The highest BCUT2D eigenvalue weighted by Crippen LogP contribution is 2.06. The van der Waals surface area contributed by atoms with Crippen LogP contribution in [0.15, 0.2) is 11.9 Å². The molecule has 0 fully saturated rings. The van der Waals surface area contributed by atoms with Crippen molar-refractivity contribution in [3.05, 3.63) is 11.9 Å². The fraction of sp³-hybridized carbons (Fsp3) is 0.750. The van der Waals surface area contributed by atoms with Gasteiger partial charge in [0, 0.05) is 24.5 Å². The Balaban J connectivity index is 4.11. The summed E-state index contributed by atoms with van der Waals surface area (Å²) in [5.74, 6) is 6.21. The molecule has 72 valence electrons. The molecule has 0 spiro atoms. The van der Waals surface area contributed by atoms with Crippen LogP contribution in [0.5, 0.6) is 0 Å². The molecule has 0 radical (unpaired) electrons. The summed E-state index contributed by atoms with van der Waals surface area (Å²) in [6, 6.07) is 0.273. The second-order valence-corrected chi connectivity index (χ2v) is 3.34. The lowest BCUT2D eigenvalue weighted by Gasteiger charge is -2.26. The van der Waals surface area contributed by atoms with Gasteiger partial charge < -0.3 is 16.5 Å². The van der Waals surface area contributed by atoms with Gasteiger partial charge in [0.25, 0.3) is 0 Å². The summed E-state index contributed by atoms with van der Waals surface area (Å²) in [5.41, 5.74) is 11.4. The van der Waals surface area contributed by atoms with Gasteiger partial charge in [-0.3, -0.25) is 0 Å². The maximum atomic E-state index is 5.72. The lowest BCUT2D eigenvalue weighted by Crippen LogP contribution is -2.39. The third-order valence-corrected chi connectivity index (χ3v) is 1.99. The molecule has 0 aliphatic carbocycles. The quantitative estimate of drug-likeness (QED) is 0.411. The Kier molecular flexibility index (Phi) is 4.70. The van der Waals surface area contributed by atoms with Crippen LogP contribution in [-0.4, -0.2) is 17.6 Å². The Bertz CT molecular complexity index is 153. The van der Waals surface area contributed by atoms with Crippen LogP contribution in [0.3, 0.4) is 0 Å². The summed E-state index contributed by atoms with van der Waals surface area (Å²) >= 11 is 0. The fourth-order valence-electron chi connectivity index (χ4n) is 0.706. The van der Waals surface area contributed by atoms with Crippen LogP contribution in [0.2, 0.25) is 0 Å². The highest BCUT2D eigenvalue weighted by atomic mass is 15.4. The molecule has 6 N–H and O–H groups in total. The van der Waals surface area contributed by atoms with Gasteiger partial charge in [0.2, 0.25) is 0 Å². The molecule has 4 heteroatoms. The molecule has 0 saturated carbocycles. The second-order valence-electron chi connectivity index (χ2n) is 3.34. The highest BCUT2D eigenvalue weighted by Gasteiger charge is 2.10. The molecule has 1 unspecified atom stereocenters. The molecule has 1 atom stereocenters. The van der Waals surface area contributed by atoms with Crippen LogP contribution in [0.1, 0.15) is 20.8 Å². The zero-order valence-corrected chi connectivity index (χ0v) is 8.12. The van der Waals surface area contributed by atoms with Crippen LogP contribution in [-0.2, 0) is 0 Å². The summed E-state index contributed by atoms with van der Waals surface area (Å²) in [6.07, 6.45) is 1.69. The second kappa shape index (κ2) is 5.00. The lowest BCUT2D eigenvalue weighted by atomic mass is 10.1. The van der Waals surface area contributed by atoms with Crippen molar-refractivity contribution in [2.75, 3.05) is 6.54 Å². The molecular formula is C8H20N4. The number of nitrogens with zero attached hydrogens (tertiary/aromatic N) is 1. The smallest absolute Gasteiger partial charge is 0.0441 e. The average molecular weight is 172 g/mol. The van der Waals surface area contributed by atoms with Gasteiger partial charge in [-0.2, -0.15) is 0 Å². The standard InChI is InChI=1S/C8H20N4/c1-6(2)7(3)12(11)5-8(10)4-9/h5-7H,4,9-11H2,1-3H3/b8-5-. The minimum absolute atomic E-state index is 0.273. The van der Waals surface area contributed by atoms with E-state index in [2.05, 4.69) is 13.8 Å². The third-order valence-electron chi connectivity index (χ3n) is 1.99. The van der Waals surface area contributed by atoms with Gasteiger partial charge in [-0.1, -0.05) is 13.8 Å². The summed E-state index contributed by atoms with van der Waals surface area (Å²) < 4.78 is 0. The Hall–Kier alpha value is -0.740. The summed E-state index contributed by atoms with van der Waals surface area (Å²) in [6.45, 7) is 6.61. The number of hydrazine groups is 1. The molecule has 0 amide bonds. The van der Waals surface area contributed by atoms with Crippen molar-refractivity contribution in [1.82, 2.24) is 5.01 Å². The molecule has 0 bridgehead atoms. The number of nitrogens with two attached hydrogens (primary N) is 3. The van der Waals surface area contributed by atoms with Gasteiger partial charge in [0.1, 0.15) is 0 Å². The van der Waals surface area contributed by atoms with Crippen molar-refractivity contribution in [2.24, 2.45) is 23.2 Å². The van der Waals surface area contributed by atoms with Gasteiger partial charge in [-0.05, 0) is 12.8 Å². The van der Waals surface area contributed by atoms with Gasteiger partial charge >= 0.3 is 0 Å². The van der Waals surface area contributed by atoms with E-state index in [1.54, 1.807) is 11.2 Å². The summed E-state index contributed by atoms with van der Waals surface area (Å²) in [5, 5.41) is 1.60. The monoisotopic (exact) mass is 172 g/mol. The number of hydrogen-bond acceptors (Lipinski definition) is 4. The van der Waals surface area contributed by atoms with Crippen LogP contribution < -0.4 is 17.3 Å². The molecule has 0 aromatic heterocycles. The molecule has 4 nitrogen and oxygen atoms in total. The van der Waals surface area contributed by atoms with E-state index in [0.717, 1.165) is 0 Å². The number of hydrogen-bond donors (Lipinski definition) is 3. The normalized spacial score (nSPS) is 15.0. The van der Waals surface area contributed by atoms with E-state index in [1.165, 1.54) is 0 Å². The van der Waals surface area contributed by atoms with Gasteiger partial charge in [0.15, 0.2) is 0 Å². The van der Waals surface area contributed by atoms with Crippen molar-refractivity contribution < 1.29 is 0 Å². The highest BCUT2D eigenvalue weighted by molar-refractivity contribution is 4.97. The van der Waals surface area contributed by atoms with Crippen molar-refractivity contribution in [1.29, 1.82) is 0 Å². The van der Waals surface area contributed by atoms with Crippen molar-refractivity contribution in [3.63, 3.8) is 0 Å². The molecule has 0 aromatic rings. The Labute approximate surface area is 74.4 Å². The van der Waals surface area contributed by atoms with Crippen molar-refractivity contribution >= 4 is 0 Å². The van der Waals surface area contributed by atoms with E-state index in [0.29, 0.717) is 18.2 Å². The van der Waals surface area contributed by atoms with Crippen LogP contribution in [0.25, 0.3) is 0 Å². The average Bonchev–Trinajstić information content (AvgIpc) is 2.02. The predicted molar refractivity (Wildman–Crippen MR) is 51.7 cm³/mol. The van der Waals surface area contributed by atoms with Gasteiger partial charge in [0.05, 0.1) is 0 Å². The zero-order valence-electron chi connectivity index (χ0n) is 8.12. The minimum atomic E-state index is 0.273. The molecule has 0 aliphatic rings. The van der Waals surface area contributed by atoms with E-state index < -0.39 is 0 Å².